The predicted molar refractivity (Wildman–Crippen MR) is 62.0 cm³/mol. The maximum absolute atomic E-state index is 12.1. The SMILES string of the molecule is Nc1cnn(C2CCN(CCC(F)(F)F)CC2)c1. The zero-order valence-electron chi connectivity index (χ0n) is 10.0. The molecule has 4 nitrogen and oxygen atoms in total. The Morgan fingerprint density at radius 2 is 2.00 bits per heavy atom. The van der Waals surface area contributed by atoms with Gasteiger partial charge in [-0.1, -0.05) is 0 Å². The Labute approximate surface area is 104 Å². The number of anilines is 1. The topological polar surface area (TPSA) is 47.1 Å². The molecule has 1 aliphatic rings. The molecule has 0 spiro atoms. The average molecular weight is 262 g/mol. The first-order chi connectivity index (χ1) is 8.44. The second-order valence-corrected chi connectivity index (χ2v) is 4.69. The number of likely N-dealkylation sites (tertiary alicyclic amines) is 1. The summed E-state index contributed by atoms with van der Waals surface area (Å²) in [6.07, 6.45) is 0.212. The van der Waals surface area contributed by atoms with Gasteiger partial charge < -0.3 is 10.6 Å². The van der Waals surface area contributed by atoms with Crippen LogP contribution < -0.4 is 5.73 Å². The number of nitrogens with zero attached hydrogens (tertiary/aromatic N) is 3. The van der Waals surface area contributed by atoms with Crippen molar-refractivity contribution in [1.29, 1.82) is 0 Å². The summed E-state index contributed by atoms with van der Waals surface area (Å²) in [6, 6.07) is 0.254. The summed E-state index contributed by atoms with van der Waals surface area (Å²) in [5, 5.41) is 4.14. The molecule has 0 aliphatic carbocycles. The van der Waals surface area contributed by atoms with Gasteiger partial charge in [0.1, 0.15) is 0 Å². The molecule has 1 fully saturated rings. The van der Waals surface area contributed by atoms with Crippen LogP contribution in [0.25, 0.3) is 0 Å². The van der Waals surface area contributed by atoms with Gasteiger partial charge in [0.2, 0.25) is 0 Å². The third-order valence-corrected chi connectivity index (χ3v) is 3.26. The minimum absolute atomic E-state index is 0.0947. The molecule has 2 N–H and O–H groups in total. The standard InChI is InChI=1S/C11H17F3N4/c12-11(13,14)3-6-17-4-1-10(2-5-17)18-8-9(15)7-16-18/h7-8,10H,1-6,15H2. The molecule has 0 bridgehead atoms. The molecule has 0 radical (unpaired) electrons. The van der Waals surface area contributed by atoms with E-state index in [1.165, 1.54) is 0 Å². The van der Waals surface area contributed by atoms with E-state index in [0.717, 1.165) is 12.8 Å². The maximum atomic E-state index is 12.1. The number of nitrogens with two attached hydrogens (primary N) is 1. The van der Waals surface area contributed by atoms with E-state index in [0.29, 0.717) is 18.8 Å². The Morgan fingerprint density at radius 3 is 2.50 bits per heavy atom. The monoisotopic (exact) mass is 262 g/mol. The van der Waals surface area contributed by atoms with Gasteiger partial charge in [0.25, 0.3) is 0 Å². The van der Waals surface area contributed by atoms with Crippen molar-refractivity contribution in [1.82, 2.24) is 14.7 Å². The van der Waals surface area contributed by atoms with Crippen molar-refractivity contribution < 1.29 is 13.2 Å². The lowest BCUT2D eigenvalue weighted by atomic mass is 10.1. The van der Waals surface area contributed by atoms with Gasteiger partial charge in [-0.3, -0.25) is 4.68 Å². The lowest BCUT2D eigenvalue weighted by Crippen LogP contribution is -2.36. The highest BCUT2D eigenvalue weighted by molar-refractivity contribution is 5.30. The van der Waals surface area contributed by atoms with E-state index in [9.17, 15) is 13.2 Å². The highest BCUT2D eigenvalue weighted by atomic mass is 19.4. The van der Waals surface area contributed by atoms with Crippen LogP contribution in [0.2, 0.25) is 0 Å². The highest BCUT2D eigenvalue weighted by Crippen LogP contribution is 2.25. The summed E-state index contributed by atoms with van der Waals surface area (Å²) in [5.74, 6) is 0. The van der Waals surface area contributed by atoms with Crippen LogP contribution in [0.3, 0.4) is 0 Å². The average Bonchev–Trinajstić information content (AvgIpc) is 2.73. The van der Waals surface area contributed by atoms with Crippen molar-refractivity contribution in [3.8, 4) is 0 Å². The lowest BCUT2D eigenvalue weighted by molar-refractivity contribution is -0.138. The molecule has 2 heterocycles. The summed E-state index contributed by atoms with van der Waals surface area (Å²) in [4.78, 5) is 1.86. The van der Waals surface area contributed by atoms with Crippen molar-refractivity contribution in [2.75, 3.05) is 25.4 Å². The van der Waals surface area contributed by atoms with E-state index in [-0.39, 0.29) is 12.6 Å². The number of hydrogen-bond acceptors (Lipinski definition) is 3. The van der Waals surface area contributed by atoms with Gasteiger partial charge >= 0.3 is 6.18 Å². The zero-order valence-corrected chi connectivity index (χ0v) is 10.0. The summed E-state index contributed by atoms with van der Waals surface area (Å²) >= 11 is 0. The van der Waals surface area contributed by atoms with Crippen molar-refractivity contribution >= 4 is 5.69 Å². The van der Waals surface area contributed by atoms with Gasteiger partial charge in [0.15, 0.2) is 0 Å². The number of halogens is 3. The Bertz CT molecular complexity index is 380. The van der Waals surface area contributed by atoms with Gasteiger partial charge in [-0.15, -0.1) is 0 Å². The largest absolute Gasteiger partial charge is 0.396 e. The van der Waals surface area contributed by atoms with E-state index in [4.69, 9.17) is 5.73 Å². The van der Waals surface area contributed by atoms with Crippen LogP contribution in [0.4, 0.5) is 18.9 Å². The molecule has 0 unspecified atom stereocenters. The minimum atomic E-state index is -4.06. The van der Waals surface area contributed by atoms with Crippen LogP contribution in [0.1, 0.15) is 25.3 Å². The van der Waals surface area contributed by atoms with E-state index in [2.05, 4.69) is 5.10 Å². The maximum Gasteiger partial charge on any atom is 0.390 e. The molecule has 1 aromatic rings. The summed E-state index contributed by atoms with van der Waals surface area (Å²) in [6.45, 7) is 1.46. The summed E-state index contributed by atoms with van der Waals surface area (Å²) < 4.78 is 38.1. The fraction of sp³-hybridized carbons (Fsp3) is 0.727. The van der Waals surface area contributed by atoms with E-state index >= 15 is 0 Å². The van der Waals surface area contributed by atoms with E-state index in [1.807, 2.05) is 9.58 Å². The first kappa shape index (κ1) is 13.2. The second-order valence-electron chi connectivity index (χ2n) is 4.69. The van der Waals surface area contributed by atoms with Crippen molar-refractivity contribution in [2.24, 2.45) is 0 Å². The van der Waals surface area contributed by atoms with Crippen molar-refractivity contribution in [2.45, 2.75) is 31.5 Å². The van der Waals surface area contributed by atoms with E-state index < -0.39 is 12.6 Å². The number of aromatic nitrogens is 2. The van der Waals surface area contributed by atoms with Crippen molar-refractivity contribution in [3.63, 3.8) is 0 Å². The predicted octanol–water partition coefficient (Wildman–Crippen LogP) is 2.05. The second kappa shape index (κ2) is 5.17. The molecule has 0 amide bonds. The van der Waals surface area contributed by atoms with Crippen LogP contribution in [0.15, 0.2) is 12.4 Å². The third-order valence-electron chi connectivity index (χ3n) is 3.26. The molecule has 1 saturated heterocycles. The molecular weight excluding hydrogens is 245 g/mol. The van der Waals surface area contributed by atoms with Crippen LogP contribution >= 0.6 is 0 Å². The molecular formula is C11H17F3N4. The molecule has 1 aromatic heterocycles. The van der Waals surface area contributed by atoms with Crippen molar-refractivity contribution in [3.05, 3.63) is 12.4 Å². The smallest absolute Gasteiger partial charge is 0.390 e. The summed E-state index contributed by atoms with van der Waals surface area (Å²) in [7, 11) is 0. The molecule has 2 rings (SSSR count). The zero-order chi connectivity index (χ0) is 13.2. The lowest BCUT2D eigenvalue weighted by Gasteiger charge is -2.32. The van der Waals surface area contributed by atoms with Gasteiger partial charge in [0, 0.05) is 25.8 Å². The van der Waals surface area contributed by atoms with Gasteiger partial charge in [0.05, 0.1) is 24.3 Å². The molecule has 0 saturated carbocycles. The Morgan fingerprint density at radius 1 is 1.33 bits per heavy atom. The first-order valence-corrected chi connectivity index (χ1v) is 6.03. The fourth-order valence-electron chi connectivity index (χ4n) is 2.24. The number of hydrogen-bond donors (Lipinski definition) is 1. The molecule has 7 heteroatoms. The Balaban J connectivity index is 1.78. The minimum Gasteiger partial charge on any atom is -0.396 e. The molecule has 0 aromatic carbocycles. The quantitative estimate of drug-likeness (QED) is 0.907. The van der Waals surface area contributed by atoms with Crippen LogP contribution in [0.5, 0.6) is 0 Å². The molecule has 102 valence electrons. The molecule has 0 atom stereocenters. The van der Waals surface area contributed by atoms with Gasteiger partial charge in [-0.05, 0) is 12.8 Å². The number of nitrogen functional groups attached to an aromatic ring is 1. The van der Waals surface area contributed by atoms with Gasteiger partial charge in [-0.2, -0.15) is 18.3 Å². The highest BCUT2D eigenvalue weighted by Gasteiger charge is 2.29. The fourth-order valence-corrected chi connectivity index (χ4v) is 2.24. The third kappa shape index (κ3) is 3.63. The first-order valence-electron chi connectivity index (χ1n) is 6.03. The van der Waals surface area contributed by atoms with Crippen LogP contribution in [0, 0.1) is 0 Å². The number of rotatable bonds is 3. The number of piperidine rings is 1. The van der Waals surface area contributed by atoms with Crippen LogP contribution in [-0.4, -0.2) is 40.5 Å². The molecule has 1 aliphatic heterocycles. The van der Waals surface area contributed by atoms with Crippen LogP contribution in [-0.2, 0) is 0 Å². The Hall–Kier alpha value is -1.24. The summed E-state index contributed by atoms with van der Waals surface area (Å²) in [5.41, 5.74) is 6.21. The number of alkyl halides is 3. The normalized spacial score (nSPS) is 19.3. The molecule has 18 heavy (non-hydrogen) atoms. The van der Waals surface area contributed by atoms with E-state index in [1.54, 1.807) is 12.4 Å². The Kier molecular flexibility index (Phi) is 3.79. The van der Waals surface area contributed by atoms with Gasteiger partial charge in [-0.25, -0.2) is 0 Å².